The van der Waals surface area contributed by atoms with E-state index in [0.717, 1.165) is 12.1 Å². The largest absolute Gasteiger partial charge is 0.354 e. The number of hydrogen-bond donors (Lipinski definition) is 1. The Morgan fingerprint density at radius 3 is 2.81 bits per heavy atom. The Hall–Kier alpha value is -3.21. The van der Waals surface area contributed by atoms with Crippen LogP contribution in [0, 0.1) is 5.82 Å². The molecule has 0 saturated heterocycles. The number of rotatable bonds is 3. The van der Waals surface area contributed by atoms with Crippen LogP contribution in [0.1, 0.15) is 22.8 Å². The fourth-order valence-electron chi connectivity index (χ4n) is 3.37. The summed E-state index contributed by atoms with van der Waals surface area (Å²) in [6, 6.07) is 16.0. The lowest BCUT2D eigenvalue weighted by Crippen LogP contribution is -2.35. The lowest BCUT2D eigenvalue weighted by molar-refractivity contribution is 0.0981. The number of carbonyl (C=O) groups is 1. The lowest BCUT2D eigenvalue weighted by atomic mass is 10.1. The van der Waals surface area contributed by atoms with Gasteiger partial charge in [-0.1, -0.05) is 24.3 Å². The van der Waals surface area contributed by atoms with Gasteiger partial charge < -0.3 is 10.2 Å². The maximum Gasteiger partial charge on any atom is 0.260 e. The standard InChI is InChI=1S/C21H18FN3O/c1-14-9-15-5-2-3-8-20(15)25(14)21(26)16-10-19(13-23-12-16)24-18-7-4-6-17(22)11-18/h2-8,10-14,24H,9H2,1H3. The van der Waals surface area contributed by atoms with E-state index in [1.54, 1.807) is 30.6 Å². The second-order valence-electron chi connectivity index (χ2n) is 6.45. The minimum atomic E-state index is -0.322. The molecule has 3 aromatic rings. The Labute approximate surface area is 151 Å². The number of amides is 1. The lowest BCUT2D eigenvalue weighted by Gasteiger charge is -2.23. The van der Waals surface area contributed by atoms with E-state index in [0.29, 0.717) is 16.9 Å². The van der Waals surface area contributed by atoms with Crippen LogP contribution in [0.3, 0.4) is 0 Å². The number of pyridine rings is 1. The van der Waals surface area contributed by atoms with Crippen LogP contribution in [0.25, 0.3) is 0 Å². The summed E-state index contributed by atoms with van der Waals surface area (Å²) in [6.45, 7) is 2.04. The van der Waals surface area contributed by atoms with Crippen LogP contribution in [0.2, 0.25) is 0 Å². The normalized spacial score (nSPS) is 15.6. The molecule has 0 saturated carbocycles. The van der Waals surface area contributed by atoms with Crippen LogP contribution in [0.4, 0.5) is 21.5 Å². The summed E-state index contributed by atoms with van der Waals surface area (Å²) in [5, 5.41) is 3.09. The molecule has 2 heterocycles. The third kappa shape index (κ3) is 3.04. The van der Waals surface area contributed by atoms with Crippen LogP contribution in [0.5, 0.6) is 0 Å². The molecule has 1 aliphatic heterocycles. The highest BCUT2D eigenvalue weighted by Gasteiger charge is 2.31. The van der Waals surface area contributed by atoms with E-state index in [2.05, 4.69) is 16.4 Å². The van der Waals surface area contributed by atoms with Crippen molar-refractivity contribution in [2.24, 2.45) is 0 Å². The second-order valence-corrected chi connectivity index (χ2v) is 6.45. The fourth-order valence-corrected chi connectivity index (χ4v) is 3.37. The summed E-state index contributed by atoms with van der Waals surface area (Å²) in [5.74, 6) is -0.407. The first-order chi connectivity index (χ1) is 12.6. The molecule has 4 rings (SSSR count). The monoisotopic (exact) mass is 347 g/mol. The van der Waals surface area contributed by atoms with Gasteiger partial charge in [0.15, 0.2) is 0 Å². The van der Waals surface area contributed by atoms with Crippen LogP contribution < -0.4 is 10.2 Å². The van der Waals surface area contributed by atoms with Crippen molar-refractivity contribution in [2.75, 3.05) is 10.2 Å². The molecule has 1 N–H and O–H groups in total. The fraction of sp³-hybridized carbons (Fsp3) is 0.143. The van der Waals surface area contributed by atoms with E-state index in [4.69, 9.17) is 0 Å². The summed E-state index contributed by atoms with van der Waals surface area (Å²) in [7, 11) is 0. The third-order valence-corrected chi connectivity index (χ3v) is 4.52. The number of anilines is 3. The van der Waals surface area contributed by atoms with Gasteiger partial charge in [0.1, 0.15) is 5.82 Å². The third-order valence-electron chi connectivity index (χ3n) is 4.52. The Balaban J connectivity index is 1.61. The van der Waals surface area contributed by atoms with Gasteiger partial charge in [0.2, 0.25) is 0 Å². The van der Waals surface area contributed by atoms with Gasteiger partial charge in [-0.3, -0.25) is 9.78 Å². The van der Waals surface area contributed by atoms with Gasteiger partial charge in [-0.05, 0) is 49.2 Å². The molecule has 0 radical (unpaired) electrons. The van der Waals surface area contributed by atoms with Crippen molar-refractivity contribution in [3.05, 3.63) is 83.9 Å². The van der Waals surface area contributed by atoms with Crippen LogP contribution >= 0.6 is 0 Å². The second kappa shape index (κ2) is 6.59. The van der Waals surface area contributed by atoms with Gasteiger partial charge in [-0.2, -0.15) is 0 Å². The molecule has 0 aliphatic carbocycles. The van der Waals surface area contributed by atoms with Gasteiger partial charge in [-0.15, -0.1) is 0 Å². The van der Waals surface area contributed by atoms with Crippen molar-refractivity contribution in [2.45, 2.75) is 19.4 Å². The Bertz CT molecular complexity index is 973. The number of benzene rings is 2. The van der Waals surface area contributed by atoms with Gasteiger partial charge >= 0.3 is 0 Å². The van der Waals surface area contributed by atoms with Crippen molar-refractivity contribution < 1.29 is 9.18 Å². The molecule has 0 spiro atoms. The average molecular weight is 347 g/mol. The van der Waals surface area contributed by atoms with Gasteiger partial charge in [0.05, 0.1) is 17.4 Å². The van der Waals surface area contributed by atoms with E-state index in [9.17, 15) is 9.18 Å². The molecule has 1 aromatic heterocycles. The number of aromatic nitrogens is 1. The predicted molar refractivity (Wildman–Crippen MR) is 100 cm³/mol. The molecule has 0 bridgehead atoms. The molecule has 26 heavy (non-hydrogen) atoms. The zero-order chi connectivity index (χ0) is 18.1. The Morgan fingerprint density at radius 2 is 1.96 bits per heavy atom. The first-order valence-electron chi connectivity index (χ1n) is 8.51. The first-order valence-corrected chi connectivity index (χ1v) is 8.51. The molecule has 1 atom stereocenters. The van der Waals surface area contributed by atoms with E-state index >= 15 is 0 Å². The number of fused-ring (bicyclic) bond motifs is 1. The zero-order valence-corrected chi connectivity index (χ0v) is 14.3. The minimum absolute atomic E-state index is 0.0853. The predicted octanol–water partition coefficient (Wildman–Crippen LogP) is 4.56. The highest BCUT2D eigenvalue weighted by Crippen LogP contribution is 2.33. The summed E-state index contributed by atoms with van der Waals surface area (Å²) in [6.07, 6.45) is 4.02. The van der Waals surface area contributed by atoms with Gasteiger partial charge in [0, 0.05) is 23.6 Å². The molecular weight excluding hydrogens is 329 g/mol. The number of nitrogens with zero attached hydrogens (tertiary/aromatic N) is 2. The number of carbonyl (C=O) groups excluding carboxylic acids is 1. The van der Waals surface area contributed by atoms with E-state index < -0.39 is 0 Å². The average Bonchev–Trinajstić information content (AvgIpc) is 2.97. The molecule has 1 aliphatic rings. The molecule has 1 amide bonds. The van der Waals surface area contributed by atoms with Crippen LogP contribution in [-0.4, -0.2) is 16.9 Å². The highest BCUT2D eigenvalue weighted by atomic mass is 19.1. The summed E-state index contributed by atoms with van der Waals surface area (Å²) in [4.78, 5) is 19.1. The van der Waals surface area contributed by atoms with Gasteiger partial charge in [-0.25, -0.2) is 4.39 Å². The summed E-state index contributed by atoms with van der Waals surface area (Å²) < 4.78 is 13.3. The van der Waals surface area contributed by atoms with Crippen molar-refractivity contribution in [1.29, 1.82) is 0 Å². The summed E-state index contributed by atoms with van der Waals surface area (Å²) >= 11 is 0. The van der Waals surface area contributed by atoms with Crippen molar-refractivity contribution in [3.63, 3.8) is 0 Å². The number of para-hydroxylation sites is 1. The maximum absolute atomic E-state index is 13.3. The Morgan fingerprint density at radius 1 is 1.12 bits per heavy atom. The molecule has 1 unspecified atom stereocenters. The molecule has 130 valence electrons. The van der Waals surface area contributed by atoms with Crippen molar-refractivity contribution in [3.8, 4) is 0 Å². The topological polar surface area (TPSA) is 45.2 Å². The van der Waals surface area contributed by atoms with Crippen LogP contribution in [-0.2, 0) is 6.42 Å². The van der Waals surface area contributed by atoms with E-state index in [1.165, 1.54) is 17.7 Å². The smallest absolute Gasteiger partial charge is 0.260 e. The highest BCUT2D eigenvalue weighted by molar-refractivity contribution is 6.08. The quantitative estimate of drug-likeness (QED) is 0.756. The molecule has 2 aromatic carbocycles. The SMILES string of the molecule is CC1Cc2ccccc2N1C(=O)c1cncc(Nc2cccc(F)c2)c1. The molecule has 4 nitrogen and oxygen atoms in total. The maximum atomic E-state index is 13.3. The molecular formula is C21H18FN3O. The van der Waals surface area contributed by atoms with Crippen LogP contribution in [0.15, 0.2) is 67.0 Å². The number of halogens is 1. The first kappa shape index (κ1) is 16.3. The minimum Gasteiger partial charge on any atom is -0.354 e. The number of nitrogens with one attached hydrogen (secondary N) is 1. The van der Waals surface area contributed by atoms with Crippen molar-refractivity contribution >= 4 is 23.0 Å². The van der Waals surface area contributed by atoms with Crippen molar-refractivity contribution in [1.82, 2.24) is 4.98 Å². The molecule has 0 fully saturated rings. The van der Waals surface area contributed by atoms with E-state index in [-0.39, 0.29) is 17.8 Å². The van der Waals surface area contributed by atoms with E-state index in [1.807, 2.05) is 30.0 Å². The number of hydrogen-bond acceptors (Lipinski definition) is 3. The summed E-state index contributed by atoms with van der Waals surface area (Å²) in [5.41, 5.74) is 3.87. The Kier molecular flexibility index (Phi) is 4.13. The molecule has 5 heteroatoms. The zero-order valence-electron chi connectivity index (χ0n) is 14.3. The van der Waals surface area contributed by atoms with Gasteiger partial charge in [0.25, 0.3) is 5.91 Å².